The summed E-state index contributed by atoms with van der Waals surface area (Å²) in [7, 11) is 1.76. The van der Waals surface area contributed by atoms with Crippen LogP contribution >= 0.6 is 0 Å². The Balaban J connectivity index is 2.26. The van der Waals surface area contributed by atoms with E-state index in [0.717, 1.165) is 38.2 Å². The van der Waals surface area contributed by atoms with Crippen LogP contribution in [-0.4, -0.2) is 25.9 Å². The van der Waals surface area contributed by atoms with E-state index in [9.17, 15) is 0 Å². The van der Waals surface area contributed by atoms with Gasteiger partial charge in [-0.3, -0.25) is 0 Å². The number of ether oxygens (including phenoxy) is 2. The molecule has 1 heterocycles. The van der Waals surface area contributed by atoms with Gasteiger partial charge in [-0.05, 0) is 50.2 Å². The van der Waals surface area contributed by atoms with Crippen molar-refractivity contribution < 1.29 is 15.2 Å². The van der Waals surface area contributed by atoms with E-state index in [4.69, 9.17) is 9.47 Å². The molecule has 1 aliphatic heterocycles. The second-order valence-corrected chi connectivity index (χ2v) is 6.35. The van der Waals surface area contributed by atoms with Crippen LogP contribution in [0.3, 0.4) is 0 Å². The molecule has 0 saturated carbocycles. The number of methoxy groups -OCH3 is 1. The summed E-state index contributed by atoms with van der Waals surface area (Å²) in [4.78, 5) is 0. The summed E-state index contributed by atoms with van der Waals surface area (Å²) in [6.45, 7) is 6.21. The van der Waals surface area contributed by atoms with E-state index in [1.54, 1.807) is 7.11 Å². The number of hydrogen-bond acceptors (Lipinski definition) is 2. The minimum absolute atomic E-state index is 0.00957. The second-order valence-electron chi connectivity index (χ2n) is 6.35. The van der Waals surface area contributed by atoms with Gasteiger partial charge in [0.05, 0.1) is 19.3 Å². The maximum atomic E-state index is 5.87. The van der Waals surface area contributed by atoms with Crippen LogP contribution in [-0.2, 0) is 4.74 Å². The van der Waals surface area contributed by atoms with Crippen LogP contribution in [0.25, 0.3) is 0 Å². The molecule has 112 valence electrons. The fraction of sp³-hybridized carbons (Fsp3) is 0.647. The Morgan fingerprint density at radius 1 is 1.40 bits per heavy atom. The third-order valence-electron chi connectivity index (χ3n) is 4.36. The molecular formula is C17H28NO2+. The first-order valence-corrected chi connectivity index (χ1v) is 7.63. The van der Waals surface area contributed by atoms with Crippen LogP contribution in [0.4, 0.5) is 0 Å². The first kappa shape index (κ1) is 15.3. The molecule has 0 amide bonds. The lowest BCUT2D eigenvalue weighted by Gasteiger charge is -2.39. The number of benzene rings is 1. The molecular weight excluding hydrogens is 250 g/mol. The Hall–Kier alpha value is -1.06. The van der Waals surface area contributed by atoms with Crippen LogP contribution in [0.15, 0.2) is 24.3 Å². The van der Waals surface area contributed by atoms with Crippen molar-refractivity contribution >= 4 is 0 Å². The Bertz CT molecular complexity index is 431. The highest BCUT2D eigenvalue weighted by atomic mass is 16.5. The minimum Gasteiger partial charge on any atom is -0.496 e. The van der Waals surface area contributed by atoms with Gasteiger partial charge < -0.3 is 15.2 Å². The molecule has 0 unspecified atom stereocenters. The fourth-order valence-corrected chi connectivity index (χ4v) is 3.46. The van der Waals surface area contributed by atoms with Gasteiger partial charge >= 0.3 is 0 Å². The normalized spacial score (nSPS) is 23.3. The number of para-hydroxylation sites is 1. The summed E-state index contributed by atoms with van der Waals surface area (Å²) in [5.41, 5.74) is 5.39. The van der Waals surface area contributed by atoms with Crippen LogP contribution in [0.2, 0.25) is 0 Å². The summed E-state index contributed by atoms with van der Waals surface area (Å²) in [6.07, 6.45) is 3.35. The Kier molecular flexibility index (Phi) is 5.06. The first-order valence-electron chi connectivity index (χ1n) is 7.63. The van der Waals surface area contributed by atoms with E-state index in [1.165, 1.54) is 5.56 Å². The predicted molar refractivity (Wildman–Crippen MR) is 80.9 cm³/mol. The maximum Gasteiger partial charge on any atom is 0.122 e. The monoisotopic (exact) mass is 278 g/mol. The van der Waals surface area contributed by atoms with Gasteiger partial charge in [0.2, 0.25) is 0 Å². The van der Waals surface area contributed by atoms with Crippen molar-refractivity contribution in [3.63, 3.8) is 0 Å². The molecule has 1 saturated heterocycles. The van der Waals surface area contributed by atoms with Gasteiger partial charge in [0.15, 0.2) is 0 Å². The van der Waals surface area contributed by atoms with Crippen molar-refractivity contribution in [3.8, 4) is 5.75 Å². The topological polar surface area (TPSA) is 46.1 Å². The van der Waals surface area contributed by atoms with E-state index in [-0.39, 0.29) is 5.60 Å². The Labute approximate surface area is 122 Å². The lowest BCUT2D eigenvalue weighted by atomic mass is 9.75. The molecule has 2 rings (SSSR count). The van der Waals surface area contributed by atoms with Crippen molar-refractivity contribution in [2.75, 3.05) is 20.3 Å². The molecule has 2 atom stereocenters. The molecule has 1 fully saturated rings. The molecule has 0 spiro atoms. The largest absolute Gasteiger partial charge is 0.496 e. The molecule has 1 aromatic carbocycles. The molecule has 3 heteroatoms. The van der Waals surface area contributed by atoms with Crippen molar-refractivity contribution in [2.24, 2.45) is 5.92 Å². The number of rotatable bonds is 5. The van der Waals surface area contributed by atoms with E-state index in [2.05, 4.69) is 37.8 Å². The van der Waals surface area contributed by atoms with Crippen molar-refractivity contribution in [3.05, 3.63) is 29.8 Å². The molecule has 0 bridgehead atoms. The van der Waals surface area contributed by atoms with Crippen LogP contribution < -0.4 is 10.5 Å². The average molecular weight is 278 g/mol. The Morgan fingerprint density at radius 3 is 2.80 bits per heavy atom. The zero-order chi connectivity index (χ0) is 14.6. The highest BCUT2D eigenvalue weighted by Gasteiger charge is 2.35. The molecule has 1 aromatic rings. The van der Waals surface area contributed by atoms with Crippen LogP contribution in [0, 0.1) is 5.92 Å². The average Bonchev–Trinajstić information content (AvgIpc) is 2.43. The second kappa shape index (κ2) is 6.59. The molecule has 3 nitrogen and oxygen atoms in total. The maximum absolute atomic E-state index is 5.87. The van der Waals surface area contributed by atoms with Crippen LogP contribution in [0.5, 0.6) is 5.75 Å². The van der Waals surface area contributed by atoms with E-state index in [1.807, 2.05) is 6.07 Å². The summed E-state index contributed by atoms with van der Waals surface area (Å²) in [6, 6.07) is 8.42. The van der Waals surface area contributed by atoms with Crippen LogP contribution in [0.1, 0.15) is 44.6 Å². The highest BCUT2D eigenvalue weighted by molar-refractivity contribution is 5.36. The number of quaternary nitrogens is 1. The summed E-state index contributed by atoms with van der Waals surface area (Å²) < 4.78 is 11.4. The van der Waals surface area contributed by atoms with E-state index in [0.29, 0.717) is 11.8 Å². The molecule has 20 heavy (non-hydrogen) atoms. The third kappa shape index (κ3) is 3.53. The molecule has 0 aromatic heterocycles. The zero-order valence-electron chi connectivity index (χ0n) is 13.0. The van der Waals surface area contributed by atoms with E-state index >= 15 is 0 Å². The van der Waals surface area contributed by atoms with Crippen molar-refractivity contribution in [1.29, 1.82) is 0 Å². The molecule has 0 aliphatic carbocycles. The molecule has 3 N–H and O–H groups in total. The van der Waals surface area contributed by atoms with Gasteiger partial charge in [0, 0.05) is 13.0 Å². The Morgan fingerprint density at radius 2 is 2.15 bits per heavy atom. The third-order valence-corrected chi connectivity index (χ3v) is 4.36. The lowest BCUT2D eigenvalue weighted by Crippen LogP contribution is -2.51. The van der Waals surface area contributed by atoms with Crippen molar-refractivity contribution in [2.45, 2.75) is 44.6 Å². The molecule has 1 aliphatic rings. The van der Waals surface area contributed by atoms with Gasteiger partial charge in [0.1, 0.15) is 5.75 Å². The SMILES string of the molecule is COc1ccccc1[C@H](CC[NH3+])[C@H]1CCOC(C)(C)C1. The van der Waals surface area contributed by atoms with Crippen molar-refractivity contribution in [1.82, 2.24) is 0 Å². The summed E-state index contributed by atoms with van der Waals surface area (Å²) in [5.74, 6) is 2.18. The summed E-state index contributed by atoms with van der Waals surface area (Å²) >= 11 is 0. The van der Waals surface area contributed by atoms with Gasteiger partial charge in [0.25, 0.3) is 0 Å². The number of hydrogen-bond donors (Lipinski definition) is 1. The minimum atomic E-state index is -0.00957. The zero-order valence-corrected chi connectivity index (χ0v) is 13.0. The lowest BCUT2D eigenvalue weighted by molar-refractivity contribution is -0.369. The molecule has 0 radical (unpaired) electrons. The van der Waals surface area contributed by atoms with E-state index < -0.39 is 0 Å². The first-order chi connectivity index (χ1) is 9.57. The van der Waals surface area contributed by atoms with Gasteiger partial charge in [-0.15, -0.1) is 0 Å². The quantitative estimate of drug-likeness (QED) is 0.900. The smallest absolute Gasteiger partial charge is 0.122 e. The standard InChI is InChI=1S/C17H27NO2/c1-17(2)12-13(9-11-20-17)14(8-10-18)15-6-4-5-7-16(15)19-3/h4-7,13-14H,8-12,18H2,1-3H3/p+1/t13-,14+/m0/s1. The van der Waals surface area contributed by atoms with Gasteiger partial charge in [-0.2, -0.15) is 0 Å². The van der Waals surface area contributed by atoms with Gasteiger partial charge in [-0.25, -0.2) is 0 Å². The highest BCUT2D eigenvalue weighted by Crippen LogP contribution is 2.42. The van der Waals surface area contributed by atoms with Gasteiger partial charge in [-0.1, -0.05) is 18.2 Å². The predicted octanol–water partition coefficient (Wildman–Crippen LogP) is 2.62. The summed E-state index contributed by atoms with van der Waals surface area (Å²) in [5, 5.41) is 0. The fourth-order valence-electron chi connectivity index (χ4n) is 3.46.